The largest absolute Gasteiger partial charge is 0.481 e. The number of pyridine rings is 1. The molecule has 1 fully saturated rings. The van der Waals surface area contributed by atoms with Gasteiger partial charge < -0.3 is 10.0 Å². The molecule has 19 heavy (non-hydrogen) atoms. The van der Waals surface area contributed by atoms with E-state index in [1.807, 2.05) is 31.7 Å². The van der Waals surface area contributed by atoms with E-state index >= 15 is 0 Å². The van der Waals surface area contributed by atoms with Gasteiger partial charge in [-0.2, -0.15) is 5.26 Å². The number of hydrogen-bond acceptors (Lipinski definition) is 4. The molecular weight excluding hydrogens is 242 g/mol. The van der Waals surface area contributed by atoms with Crippen molar-refractivity contribution < 1.29 is 9.90 Å². The van der Waals surface area contributed by atoms with E-state index in [9.17, 15) is 15.2 Å². The topological polar surface area (TPSA) is 77.2 Å². The maximum atomic E-state index is 11.2. The maximum Gasteiger partial charge on any atom is 0.308 e. The average molecular weight is 259 g/mol. The summed E-state index contributed by atoms with van der Waals surface area (Å²) in [5.74, 6) is -1.06. The molecule has 1 aliphatic heterocycles. The summed E-state index contributed by atoms with van der Waals surface area (Å²) in [5, 5.41) is 18.4. The Morgan fingerprint density at radius 1 is 1.53 bits per heavy atom. The molecule has 1 N–H and O–H groups in total. The fourth-order valence-corrected chi connectivity index (χ4v) is 2.68. The van der Waals surface area contributed by atoms with Gasteiger partial charge in [0, 0.05) is 18.8 Å². The number of aryl methyl sites for hydroxylation is 2. The van der Waals surface area contributed by atoms with Crippen molar-refractivity contribution in [2.75, 3.05) is 18.0 Å². The third kappa shape index (κ3) is 2.39. The Kier molecular flexibility index (Phi) is 3.43. The van der Waals surface area contributed by atoms with E-state index in [0.29, 0.717) is 24.3 Å². The van der Waals surface area contributed by atoms with Crippen LogP contribution >= 0.6 is 0 Å². The van der Waals surface area contributed by atoms with Crippen LogP contribution in [0.3, 0.4) is 0 Å². The van der Waals surface area contributed by atoms with Gasteiger partial charge in [0.1, 0.15) is 6.07 Å². The zero-order chi connectivity index (χ0) is 14.2. The van der Waals surface area contributed by atoms with Crippen LogP contribution in [0.15, 0.2) is 6.07 Å². The van der Waals surface area contributed by atoms with Crippen LogP contribution in [0.2, 0.25) is 0 Å². The Bertz CT molecular complexity index is 563. The van der Waals surface area contributed by atoms with Crippen molar-refractivity contribution in [2.45, 2.75) is 20.8 Å². The van der Waals surface area contributed by atoms with E-state index in [4.69, 9.17) is 0 Å². The van der Waals surface area contributed by atoms with Crippen molar-refractivity contribution in [3.8, 4) is 6.07 Å². The summed E-state index contributed by atoms with van der Waals surface area (Å²) in [6, 6.07) is 4.04. The zero-order valence-corrected chi connectivity index (χ0v) is 11.3. The molecule has 0 bridgehead atoms. The number of anilines is 1. The Labute approximate surface area is 112 Å². The highest BCUT2D eigenvalue weighted by Crippen LogP contribution is 2.31. The molecule has 0 radical (unpaired) electrons. The van der Waals surface area contributed by atoms with Crippen molar-refractivity contribution in [2.24, 2.45) is 11.8 Å². The first-order valence-electron chi connectivity index (χ1n) is 6.30. The molecule has 100 valence electrons. The highest BCUT2D eigenvalue weighted by atomic mass is 16.4. The quantitative estimate of drug-likeness (QED) is 0.875. The molecular formula is C14H17N3O2. The number of nitriles is 1. The molecule has 5 nitrogen and oxygen atoms in total. The van der Waals surface area contributed by atoms with Gasteiger partial charge in [-0.25, -0.2) is 0 Å². The normalized spacial score (nSPS) is 22.3. The number of aliphatic carboxylic acids is 1. The Hall–Kier alpha value is -2.09. The fourth-order valence-electron chi connectivity index (χ4n) is 2.68. The highest BCUT2D eigenvalue weighted by molar-refractivity contribution is 5.73. The Balaban J connectivity index is 2.39. The number of rotatable bonds is 2. The van der Waals surface area contributed by atoms with Crippen molar-refractivity contribution in [3.05, 3.63) is 23.0 Å². The fraction of sp³-hybridized carbons (Fsp3) is 0.500. The molecule has 0 unspecified atom stereocenters. The second-order valence-electron chi connectivity index (χ2n) is 5.18. The molecule has 2 atom stereocenters. The van der Waals surface area contributed by atoms with Crippen molar-refractivity contribution in [3.63, 3.8) is 0 Å². The van der Waals surface area contributed by atoms with Gasteiger partial charge in [0.25, 0.3) is 0 Å². The second kappa shape index (κ2) is 4.88. The third-order valence-corrected chi connectivity index (χ3v) is 3.69. The molecule has 1 aromatic rings. The molecule has 0 aliphatic carbocycles. The van der Waals surface area contributed by atoms with Crippen LogP contribution in [0.5, 0.6) is 0 Å². The first kappa shape index (κ1) is 13.3. The summed E-state index contributed by atoms with van der Waals surface area (Å²) in [6.45, 7) is 6.74. The molecule has 1 aliphatic rings. The summed E-state index contributed by atoms with van der Waals surface area (Å²) < 4.78 is 0. The zero-order valence-electron chi connectivity index (χ0n) is 11.3. The molecule has 0 amide bonds. The second-order valence-corrected chi connectivity index (χ2v) is 5.18. The van der Waals surface area contributed by atoms with Crippen molar-refractivity contribution in [1.29, 1.82) is 5.26 Å². The lowest BCUT2D eigenvalue weighted by atomic mass is 9.99. The van der Waals surface area contributed by atoms with Crippen molar-refractivity contribution in [1.82, 2.24) is 4.98 Å². The summed E-state index contributed by atoms with van der Waals surface area (Å²) in [6.07, 6.45) is 0. The summed E-state index contributed by atoms with van der Waals surface area (Å²) in [4.78, 5) is 17.4. The van der Waals surface area contributed by atoms with Gasteiger partial charge in [-0.3, -0.25) is 9.78 Å². The van der Waals surface area contributed by atoms with E-state index in [1.165, 1.54) is 0 Å². The van der Waals surface area contributed by atoms with Crippen LogP contribution in [0, 0.1) is 37.0 Å². The monoisotopic (exact) mass is 259 g/mol. The average Bonchev–Trinajstić information content (AvgIpc) is 2.70. The minimum Gasteiger partial charge on any atom is -0.481 e. The number of hydrogen-bond donors (Lipinski definition) is 1. The number of aromatic nitrogens is 1. The lowest BCUT2D eigenvalue weighted by Crippen LogP contribution is -2.24. The predicted molar refractivity (Wildman–Crippen MR) is 70.9 cm³/mol. The van der Waals surface area contributed by atoms with E-state index in [0.717, 1.165) is 11.4 Å². The number of carboxylic acids is 1. The predicted octanol–water partition coefficient (Wildman–Crippen LogP) is 1.73. The van der Waals surface area contributed by atoms with E-state index in [2.05, 4.69) is 11.1 Å². The third-order valence-electron chi connectivity index (χ3n) is 3.69. The smallest absolute Gasteiger partial charge is 0.308 e. The van der Waals surface area contributed by atoms with Gasteiger partial charge in [0.05, 0.1) is 22.9 Å². The lowest BCUT2D eigenvalue weighted by Gasteiger charge is -2.20. The maximum absolute atomic E-state index is 11.2. The van der Waals surface area contributed by atoms with Gasteiger partial charge in [0.15, 0.2) is 0 Å². The van der Waals surface area contributed by atoms with E-state index < -0.39 is 5.97 Å². The van der Waals surface area contributed by atoms with E-state index in [-0.39, 0.29) is 11.8 Å². The minimum absolute atomic E-state index is 0.0813. The van der Waals surface area contributed by atoms with Gasteiger partial charge in [-0.1, -0.05) is 6.92 Å². The standard InChI is InChI=1S/C14H17N3O2/c1-8-6-17(7-12(8)14(18)19)13-4-9(2)16-10(3)11(13)5-15/h4,8,12H,6-7H2,1-3H3,(H,18,19)/t8-,12-/m1/s1. The number of nitrogens with zero attached hydrogens (tertiary/aromatic N) is 3. The molecule has 0 spiro atoms. The molecule has 2 heterocycles. The van der Waals surface area contributed by atoms with Crippen LogP contribution in [0.4, 0.5) is 5.69 Å². The summed E-state index contributed by atoms with van der Waals surface area (Å²) >= 11 is 0. The van der Waals surface area contributed by atoms with E-state index in [1.54, 1.807) is 0 Å². The lowest BCUT2D eigenvalue weighted by molar-refractivity contribution is -0.142. The number of carbonyl (C=O) groups is 1. The van der Waals surface area contributed by atoms with Gasteiger partial charge in [0.2, 0.25) is 0 Å². The van der Waals surface area contributed by atoms with Crippen LogP contribution in [-0.2, 0) is 4.79 Å². The Morgan fingerprint density at radius 2 is 2.21 bits per heavy atom. The van der Waals surface area contributed by atoms with Crippen LogP contribution in [-0.4, -0.2) is 29.1 Å². The number of carboxylic acid groups (broad SMARTS) is 1. The van der Waals surface area contributed by atoms with Crippen LogP contribution < -0.4 is 4.90 Å². The molecule has 5 heteroatoms. The SMILES string of the molecule is Cc1cc(N2C[C@@H](C)[C@H](C(=O)O)C2)c(C#N)c(C)n1. The van der Waals surface area contributed by atoms with Gasteiger partial charge >= 0.3 is 5.97 Å². The minimum atomic E-state index is -0.768. The summed E-state index contributed by atoms with van der Waals surface area (Å²) in [7, 11) is 0. The first-order valence-corrected chi connectivity index (χ1v) is 6.30. The van der Waals surface area contributed by atoms with Crippen LogP contribution in [0.25, 0.3) is 0 Å². The molecule has 0 saturated carbocycles. The molecule has 1 saturated heterocycles. The van der Waals surface area contributed by atoms with Crippen LogP contribution in [0.1, 0.15) is 23.9 Å². The molecule has 1 aromatic heterocycles. The van der Waals surface area contributed by atoms with Crippen molar-refractivity contribution >= 4 is 11.7 Å². The van der Waals surface area contributed by atoms with Gasteiger partial charge in [-0.15, -0.1) is 0 Å². The molecule has 0 aromatic carbocycles. The Morgan fingerprint density at radius 3 is 2.74 bits per heavy atom. The summed E-state index contributed by atoms with van der Waals surface area (Å²) in [5.41, 5.74) is 2.90. The van der Waals surface area contributed by atoms with Gasteiger partial charge in [-0.05, 0) is 25.8 Å². The molecule has 2 rings (SSSR count). The first-order chi connectivity index (χ1) is 8.93. The highest BCUT2D eigenvalue weighted by Gasteiger charge is 2.35.